The zero-order chi connectivity index (χ0) is 14.5. The number of ether oxygens (including phenoxy) is 1. The molecule has 3 rings (SSSR count). The molecule has 0 saturated heterocycles. The molecule has 0 unspecified atom stereocenters. The molecule has 0 aliphatic heterocycles. The Morgan fingerprint density at radius 2 is 2.14 bits per heavy atom. The molecule has 1 fully saturated rings. The van der Waals surface area contributed by atoms with Gasteiger partial charge in [0.2, 0.25) is 0 Å². The van der Waals surface area contributed by atoms with Crippen molar-refractivity contribution < 1.29 is 4.74 Å². The monoisotopic (exact) mass is 298 g/mol. The second-order valence-corrected chi connectivity index (χ2v) is 6.07. The third kappa shape index (κ3) is 3.84. The molecule has 1 aliphatic carbocycles. The van der Waals surface area contributed by atoms with Crippen LogP contribution in [0, 0.1) is 11.3 Å². The van der Waals surface area contributed by atoms with E-state index in [1.54, 1.807) is 17.4 Å². The Bertz CT molecular complexity index is 614. The molecular formula is C17H18N2OS. The predicted octanol–water partition coefficient (Wildman–Crippen LogP) is 3.66. The topological polar surface area (TPSA) is 36.3 Å². The fourth-order valence-corrected chi connectivity index (χ4v) is 3.07. The first kappa shape index (κ1) is 14.1. The molecule has 1 aromatic carbocycles. The molecular weight excluding hydrogens is 280 g/mol. The van der Waals surface area contributed by atoms with Gasteiger partial charge in [-0.25, -0.2) is 0 Å². The van der Waals surface area contributed by atoms with Gasteiger partial charge in [0.1, 0.15) is 18.4 Å². The summed E-state index contributed by atoms with van der Waals surface area (Å²) >= 11 is 1.75. The van der Waals surface area contributed by atoms with Crippen molar-refractivity contribution in [1.82, 2.24) is 4.90 Å². The first-order valence-corrected chi connectivity index (χ1v) is 8.18. The summed E-state index contributed by atoms with van der Waals surface area (Å²) in [5.41, 5.74) is 1.98. The molecule has 1 saturated carbocycles. The quantitative estimate of drug-likeness (QED) is 0.782. The highest BCUT2D eigenvalue weighted by Gasteiger charge is 2.28. The van der Waals surface area contributed by atoms with Crippen molar-refractivity contribution in [2.24, 2.45) is 0 Å². The molecule has 0 N–H and O–H groups in total. The molecule has 0 amide bonds. The van der Waals surface area contributed by atoms with Crippen LogP contribution in [0.4, 0.5) is 0 Å². The SMILES string of the molecule is N#Cc1ccccc1OCCN(Cc1ccsc1)C1CC1. The van der Waals surface area contributed by atoms with Gasteiger partial charge in [-0.3, -0.25) is 4.90 Å². The summed E-state index contributed by atoms with van der Waals surface area (Å²) < 4.78 is 5.79. The minimum Gasteiger partial charge on any atom is -0.491 e. The van der Waals surface area contributed by atoms with Crippen LogP contribution in [0.15, 0.2) is 41.1 Å². The van der Waals surface area contributed by atoms with Crippen molar-refractivity contribution >= 4 is 11.3 Å². The predicted molar refractivity (Wildman–Crippen MR) is 84.4 cm³/mol. The number of para-hydroxylation sites is 1. The first-order valence-electron chi connectivity index (χ1n) is 7.24. The Balaban J connectivity index is 1.54. The van der Waals surface area contributed by atoms with E-state index in [-0.39, 0.29) is 0 Å². The zero-order valence-corrected chi connectivity index (χ0v) is 12.7. The van der Waals surface area contributed by atoms with Gasteiger partial charge in [0.15, 0.2) is 0 Å². The molecule has 21 heavy (non-hydrogen) atoms. The molecule has 0 atom stereocenters. The Morgan fingerprint density at radius 1 is 1.29 bits per heavy atom. The van der Waals surface area contributed by atoms with E-state index in [9.17, 15) is 0 Å². The highest BCUT2D eigenvalue weighted by molar-refractivity contribution is 7.07. The van der Waals surface area contributed by atoms with E-state index in [4.69, 9.17) is 10.00 Å². The molecule has 0 spiro atoms. The van der Waals surface area contributed by atoms with Gasteiger partial charge in [0.05, 0.1) is 5.56 Å². The lowest BCUT2D eigenvalue weighted by atomic mass is 10.2. The maximum Gasteiger partial charge on any atom is 0.137 e. The van der Waals surface area contributed by atoms with E-state index >= 15 is 0 Å². The fourth-order valence-electron chi connectivity index (χ4n) is 2.41. The first-order chi connectivity index (χ1) is 10.4. The normalized spacial score (nSPS) is 14.1. The van der Waals surface area contributed by atoms with E-state index in [1.165, 1.54) is 18.4 Å². The number of hydrogen-bond donors (Lipinski definition) is 0. The third-order valence-corrected chi connectivity index (χ3v) is 4.40. The number of nitriles is 1. The third-order valence-electron chi connectivity index (χ3n) is 3.67. The zero-order valence-electron chi connectivity index (χ0n) is 11.9. The lowest BCUT2D eigenvalue weighted by Crippen LogP contribution is -2.30. The standard InChI is InChI=1S/C17H18N2OS/c18-11-15-3-1-2-4-17(15)20-9-8-19(16-5-6-16)12-14-7-10-21-13-14/h1-4,7,10,13,16H,5-6,8-9,12H2. The second-order valence-electron chi connectivity index (χ2n) is 5.29. The molecule has 1 heterocycles. The average Bonchev–Trinajstić information content (AvgIpc) is 3.24. The average molecular weight is 298 g/mol. The van der Waals surface area contributed by atoms with Crippen molar-refractivity contribution in [3.05, 3.63) is 52.2 Å². The summed E-state index contributed by atoms with van der Waals surface area (Å²) in [7, 11) is 0. The summed E-state index contributed by atoms with van der Waals surface area (Å²) in [5.74, 6) is 0.686. The van der Waals surface area contributed by atoms with Crippen molar-refractivity contribution in [3.63, 3.8) is 0 Å². The van der Waals surface area contributed by atoms with Gasteiger partial charge in [0.25, 0.3) is 0 Å². The highest BCUT2D eigenvalue weighted by Crippen LogP contribution is 2.28. The summed E-state index contributed by atoms with van der Waals surface area (Å²) in [4.78, 5) is 2.48. The Morgan fingerprint density at radius 3 is 2.86 bits per heavy atom. The molecule has 4 heteroatoms. The molecule has 0 radical (unpaired) electrons. The molecule has 2 aromatic rings. The summed E-state index contributed by atoms with van der Waals surface area (Å²) in [5, 5.41) is 13.4. The number of thiophene rings is 1. The largest absolute Gasteiger partial charge is 0.491 e. The van der Waals surface area contributed by atoms with Crippen LogP contribution < -0.4 is 4.74 Å². The molecule has 0 bridgehead atoms. The van der Waals surface area contributed by atoms with Crippen molar-refractivity contribution in [2.75, 3.05) is 13.2 Å². The van der Waals surface area contributed by atoms with Crippen molar-refractivity contribution in [2.45, 2.75) is 25.4 Å². The minimum absolute atomic E-state index is 0.605. The summed E-state index contributed by atoms with van der Waals surface area (Å²) in [6.45, 7) is 2.52. The number of hydrogen-bond acceptors (Lipinski definition) is 4. The van der Waals surface area contributed by atoms with E-state index in [2.05, 4.69) is 27.8 Å². The van der Waals surface area contributed by atoms with Crippen LogP contribution in [0.1, 0.15) is 24.0 Å². The summed E-state index contributed by atoms with van der Waals surface area (Å²) in [6, 6.07) is 12.5. The lowest BCUT2D eigenvalue weighted by Gasteiger charge is -2.21. The lowest BCUT2D eigenvalue weighted by molar-refractivity contribution is 0.195. The Kier molecular flexibility index (Phi) is 4.54. The second kappa shape index (κ2) is 6.75. The van der Waals surface area contributed by atoms with Gasteiger partial charge in [-0.1, -0.05) is 12.1 Å². The van der Waals surface area contributed by atoms with E-state index in [1.807, 2.05) is 18.2 Å². The Labute approximate surface area is 129 Å². The maximum absolute atomic E-state index is 9.06. The van der Waals surface area contributed by atoms with Gasteiger partial charge in [-0.15, -0.1) is 0 Å². The number of benzene rings is 1. The molecule has 3 nitrogen and oxygen atoms in total. The van der Waals surface area contributed by atoms with Gasteiger partial charge >= 0.3 is 0 Å². The van der Waals surface area contributed by atoms with E-state index in [0.717, 1.165) is 13.1 Å². The van der Waals surface area contributed by atoms with Crippen molar-refractivity contribution in [3.8, 4) is 11.8 Å². The van der Waals surface area contributed by atoms with Gasteiger partial charge in [0, 0.05) is 19.1 Å². The van der Waals surface area contributed by atoms with Crippen LogP contribution in [-0.4, -0.2) is 24.1 Å². The van der Waals surface area contributed by atoms with Crippen molar-refractivity contribution in [1.29, 1.82) is 5.26 Å². The molecule has 108 valence electrons. The van der Waals surface area contributed by atoms with E-state index in [0.29, 0.717) is 24.0 Å². The van der Waals surface area contributed by atoms with Crippen LogP contribution in [0.2, 0.25) is 0 Å². The van der Waals surface area contributed by atoms with Crippen LogP contribution in [-0.2, 0) is 6.54 Å². The van der Waals surface area contributed by atoms with Crippen LogP contribution in [0.5, 0.6) is 5.75 Å². The van der Waals surface area contributed by atoms with E-state index < -0.39 is 0 Å². The summed E-state index contributed by atoms with van der Waals surface area (Å²) in [6.07, 6.45) is 2.58. The number of nitrogens with zero attached hydrogens (tertiary/aromatic N) is 2. The molecule has 1 aliphatic rings. The smallest absolute Gasteiger partial charge is 0.137 e. The van der Waals surface area contributed by atoms with Gasteiger partial charge < -0.3 is 4.74 Å². The maximum atomic E-state index is 9.06. The number of rotatable bonds is 7. The highest BCUT2D eigenvalue weighted by atomic mass is 32.1. The molecule has 1 aromatic heterocycles. The minimum atomic E-state index is 0.605. The fraction of sp³-hybridized carbons (Fsp3) is 0.353. The van der Waals surface area contributed by atoms with Gasteiger partial charge in [-0.05, 0) is 47.4 Å². The Hall–Kier alpha value is -1.83. The van der Waals surface area contributed by atoms with Gasteiger partial charge in [-0.2, -0.15) is 16.6 Å². The van der Waals surface area contributed by atoms with Crippen LogP contribution >= 0.6 is 11.3 Å². The van der Waals surface area contributed by atoms with Crippen LogP contribution in [0.3, 0.4) is 0 Å². The van der Waals surface area contributed by atoms with Crippen LogP contribution in [0.25, 0.3) is 0 Å².